The normalized spacial score (nSPS) is 9.64. The summed E-state index contributed by atoms with van der Waals surface area (Å²) in [6.07, 6.45) is 0.688. The van der Waals surface area contributed by atoms with E-state index in [0.29, 0.717) is 23.2 Å². The van der Waals surface area contributed by atoms with Gasteiger partial charge in [-0.05, 0) is 13.8 Å². The quantitative estimate of drug-likeness (QED) is 0.584. The smallest absolute Gasteiger partial charge is 0.309 e. The molecular formula is C7H8N2O2. The van der Waals surface area contributed by atoms with Gasteiger partial charge in [0.15, 0.2) is 6.29 Å². The maximum absolute atomic E-state index is 10.7. The number of nitrogens with zero attached hydrogens (tertiary/aromatic N) is 1. The summed E-state index contributed by atoms with van der Waals surface area (Å²) in [5.74, 6) is 0. The van der Waals surface area contributed by atoms with Gasteiger partial charge in [0.05, 0.1) is 11.3 Å². The first-order chi connectivity index (χ1) is 5.15. The number of aldehydes is 1. The second-order valence-corrected chi connectivity index (χ2v) is 2.28. The van der Waals surface area contributed by atoms with Crippen molar-refractivity contribution in [2.75, 3.05) is 0 Å². The number of carbonyl (C=O) groups excluding carboxylic acids is 1. The number of aryl methyl sites for hydroxylation is 2. The van der Waals surface area contributed by atoms with Gasteiger partial charge in [0, 0.05) is 5.69 Å². The van der Waals surface area contributed by atoms with Gasteiger partial charge in [0.2, 0.25) is 0 Å². The summed E-state index contributed by atoms with van der Waals surface area (Å²) in [5.41, 5.74) is 1.09. The Kier molecular flexibility index (Phi) is 1.85. The molecule has 1 aromatic rings. The first kappa shape index (κ1) is 7.65. The Balaban J connectivity index is 3.48. The lowest BCUT2D eigenvalue weighted by atomic mass is 10.2. The predicted molar refractivity (Wildman–Crippen MR) is 39.7 cm³/mol. The third kappa shape index (κ3) is 1.34. The second kappa shape index (κ2) is 2.65. The van der Waals surface area contributed by atoms with Crippen LogP contribution in [0.15, 0.2) is 4.79 Å². The molecule has 0 aliphatic rings. The number of H-pyrrole nitrogens is 1. The van der Waals surface area contributed by atoms with Crippen molar-refractivity contribution in [3.05, 3.63) is 27.4 Å². The highest BCUT2D eigenvalue weighted by Crippen LogP contribution is 2.01. The highest BCUT2D eigenvalue weighted by molar-refractivity contribution is 5.77. The average molecular weight is 152 g/mol. The van der Waals surface area contributed by atoms with Crippen LogP contribution < -0.4 is 5.69 Å². The number of hydrogen-bond donors (Lipinski definition) is 1. The van der Waals surface area contributed by atoms with Crippen molar-refractivity contribution in [1.29, 1.82) is 0 Å². The molecule has 11 heavy (non-hydrogen) atoms. The Hall–Kier alpha value is -1.45. The first-order valence-corrected chi connectivity index (χ1v) is 3.18. The molecule has 0 unspecified atom stereocenters. The van der Waals surface area contributed by atoms with Gasteiger partial charge >= 0.3 is 5.69 Å². The molecule has 0 aliphatic carbocycles. The number of rotatable bonds is 1. The fraction of sp³-hybridized carbons (Fsp3) is 0.286. The summed E-state index contributed by atoms with van der Waals surface area (Å²) < 4.78 is 0. The summed E-state index contributed by atoms with van der Waals surface area (Å²) in [6, 6.07) is 0. The van der Waals surface area contributed by atoms with E-state index in [2.05, 4.69) is 9.97 Å². The van der Waals surface area contributed by atoms with E-state index in [-0.39, 0.29) is 0 Å². The lowest BCUT2D eigenvalue weighted by Gasteiger charge is -1.98. The SMILES string of the molecule is Cc1nc(=O)[nH]c(C)c1C=O. The van der Waals surface area contributed by atoms with Gasteiger partial charge in [-0.2, -0.15) is 4.98 Å². The average Bonchev–Trinajstić information content (AvgIpc) is 1.85. The summed E-state index contributed by atoms with van der Waals surface area (Å²) in [4.78, 5) is 27.1. The minimum atomic E-state index is -0.411. The van der Waals surface area contributed by atoms with Crippen LogP contribution in [-0.4, -0.2) is 16.3 Å². The van der Waals surface area contributed by atoms with Crippen LogP contribution in [0, 0.1) is 13.8 Å². The van der Waals surface area contributed by atoms with Crippen LogP contribution in [0.4, 0.5) is 0 Å². The number of nitrogens with one attached hydrogen (secondary N) is 1. The number of hydrogen-bond acceptors (Lipinski definition) is 3. The molecule has 4 heteroatoms. The van der Waals surface area contributed by atoms with Gasteiger partial charge in [0.1, 0.15) is 0 Å². The molecule has 1 heterocycles. The van der Waals surface area contributed by atoms with E-state index >= 15 is 0 Å². The number of aromatic amines is 1. The molecule has 0 atom stereocenters. The zero-order valence-electron chi connectivity index (χ0n) is 6.34. The Morgan fingerprint density at radius 2 is 2.09 bits per heavy atom. The van der Waals surface area contributed by atoms with Gasteiger partial charge in [-0.15, -0.1) is 0 Å². The number of carbonyl (C=O) groups is 1. The Labute approximate surface area is 63.3 Å². The molecule has 0 saturated carbocycles. The van der Waals surface area contributed by atoms with E-state index in [4.69, 9.17) is 0 Å². The van der Waals surface area contributed by atoms with E-state index in [0.717, 1.165) is 0 Å². The molecule has 0 fully saturated rings. The van der Waals surface area contributed by atoms with E-state index in [1.807, 2.05) is 0 Å². The van der Waals surface area contributed by atoms with Crippen LogP contribution >= 0.6 is 0 Å². The van der Waals surface area contributed by atoms with Crippen LogP contribution in [0.3, 0.4) is 0 Å². The van der Waals surface area contributed by atoms with Crippen LogP contribution in [0.1, 0.15) is 21.7 Å². The lowest BCUT2D eigenvalue weighted by molar-refractivity contribution is 0.112. The standard InChI is InChI=1S/C7H8N2O2/c1-4-6(3-10)5(2)9-7(11)8-4/h3H,1-2H3,(H,8,9,11). The maximum Gasteiger partial charge on any atom is 0.345 e. The van der Waals surface area contributed by atoms with Gasteiger partial charge in [-0.1, -0.05) is 0 Å². The maximum atomic E-state index is 10.7. The monoisotopic (exact) mass is 152 g/mol. The summed E-state index contributed by atoms with van der Waals surface area (Å²) in [6.45, 7) is 3.30. The predicted octanol–water partition coefficient (Wildman–Crippen LogP) is 0.199. The van der Waals surface area contributed by atoms with Crippen molar-refractivity contribution in [2.45, 2.75) is 13.8 Å². The minimum Gasteiger partial charge on any atom is -0.309 e. The van der Waals surface area contributed by atoms with Gasteiger partial charge < -0.3 is 4.98 Å². The molecule has 1 N–H and O–H groups in total. The molecule has 0 aliphatic heterocycles. The minimum absolute atomic E-state index is 0.411. The molecule has 0 saturated heterocycles. The highest BCUT2D eigenvalue weighted by atomic mass is 16.1. The molecule has 1 rings (SSSR count). The van der Waals surface area contributed by atoms with Crippen molar-refractivity contribution in [3.63, 3.8) is 0 Å². The molecular weight excluding hydrogens is 144 g/mol. The number of aromatic nitrogens is 2. The van der Waals surface area contributed by atoms with E-state index in [1.54, 1.807) is 13.8 Å². The lowest BCUT2D eigenvalue weighted by Crippen LogP contribution is -2.15. The summed E-state index contributed by atoms with van der Waals surface area (Å²) in [7, 11) is 0. The fourth-order valence-electron chi connectivity index (χ4n) is 0.913. The van der Waals surface area contributed by atoms with E-state index in [9.17, 15) is 9.59 Å². The molecule has 4 nitrogen and oxygen atoms in total. The summed E-state index contributed by atoms with van der Waals surface area (Å²) in [5, 5.41) is 0. The van der Waals surface area contributed by atoms with E-state index in [1.165, 1.54) is 0 Å². The first-order valence-electron chi connectivity index (χ1n) is 3.18. The van der Waals surface area contributed by atoms with Gasteiger partial charge in [-0.25, -0.2) is 4.79 Å². The molecule has 0 spiro atoms. The van der Waals surface area contributed by atoms with Crippen LogP contribution in [0.25, 0.3) is 0 Å². The molecule has 1 aromatic heterocycles. The van der Waals surface area contributed by atoms with Gasteiger partial charge in [0.25, 0.3) is 0 Å². The highest BCUT2D eigenvalue weighted by Gasteiger charge is 2.02. The third-order valence-electron chi connectivity index (χ3n) is 1.48. The fourth-order valence-corrected chi connectivity index (χ4v) is 0.913. The van der Waals surface area contributed by atoms with Crippen molar-refractivity contribution in [2.24, 2.45) is 0 Å². The van der Waals surface area contributed by atoms with Crippen LogP contribution in [-0.2, 0) is 0 Å². The molecule has 0 radical (unpaired) electrons. The molecule has 0 bridgehead atoms. The Bertz CT molecular complexity index is 315. The van der Waals surface area contributed by atoms with Crippen LogP contribution in [0.2, 0.25) is 0 Å². The zero-order chi connectivity index (χ0) is 8.43. The zero-order valence-corrected chi connectivity index (χ0v) is 6.34. The second-order valence-electron chi connectivity index (χ2n) is 2.28. The molecule has 58 valence electrons. The Morgan fingerprint density at radius 1 is 1.45 bits per heavy atom. The molecule has 0 aromatic carbocycles. The van der Waals surface area contributed by atoms with Crippen molar-refractivity contribution < 1.29 is 4.79 Å². The topological polar surface area (TPSA) is 62.8 Å². The summed E-state index contributed by atoms with van der Waals surface area (Å²) >= 11 is 0. The Morgan fingerprint density at radius 3 is 2.55 bits per heavy atom. The largest absolute Gasteiger partial charge is 0.345 e. The van der Waals surface area contributed by atoms with Crippen molar-refractivity contribution in [3.8, 4) is 0 Å². The van der Waals surface area contributed by atoms with Crippen molar-refractivity contribution >= 4 is 6.29 Å². The third-order valence-corrected chi connectivity index (χ3v) is 1.48. The van der Waals surface area contributed by atoms with Crippen LogP contribution in [0.5, 0.6) is 0 Å². The van der Waals surface area contributed by atoms with Crippen molar-refractivity contribution in [1.82, 2.24) is 9.97 Å². The van der Waals surface area contributed by atoms with Gasteiger partial charge in [-0.3, -0.25) is 4.79 Å². The van der Waals surface area contributed by atoms with E-state index < -0.39 is 5.69 Å². The molecule has 0 amide bonds.